The molecule has 2 aromatic rings. The first-order valence-corrected chi connectivity index (χ1v) is 8.08. The molecule has 1 aromatic heterocycles. The van der Waals surface area contributed by atoms with Crippen molar-refractivity contribution in [2.75, 3.05) is 0 Å². The van der Waals surface area contributed by atoms with E-state index in [1.54, 1.807) is 20.8 Å². The fraction of sp³-hybridized carbons (Fsp3) is 0.278. The van der Waals surface area contributed by atoms with Crippen molar-refractivity contribution in [1.29, 1.82) is 0 Å². The molecule has 2 rings (SSSR count). The first-order valence-electron chi connectivity index (χ1n) is 8.08. The summed E-state index contributed by atoms with van der Waals surface area (Å²) in [6.07, 6.45) is -1.17. The Morgan fingerprint density at radius 1 is 1.21 bits per heavy atom. The van der Waals surface area contributed by atoms with E-state index in [-0.39, 0.29) is 17.3 Å². The average molecular weight is 396 g/mol. The second-order valence-corrected chi connectivity index (χ2v) is 6.50. The van der Waals surface area contributed by atoms with Gasteiger partial charge in [0.15, 0.2) is 5.82 Å². The maximum absolute atomic E-state index is 12.2. The Morgan fingerprint density at radius 2 is 1.86 bits per heavy atom. The monoisotopic (exact) mass is 396 g/mol. The molecule has 0 unspecified atom stereocenters. The lowest BCUT2D eigenvalue weighted by Gasteiger charge is -2.19. The fourth-order valence-electron chi connectivity index (χ4n) is 2.01. The van der Waals surface area contributed by atoms with E-state index in [4.69, 9.17) is 4.74 Å². The Hall–Kier alpha value is -3.30. The van der Waals surface area contributed by atoms with Gasteiger partial charge in [0.25, 0.3) is 0 Å². The third-order valence-corrected chi connectivity index (χ3v) is 2.99. The number of amides is 1. The molecule has 1 amide bonds. The summed E-state index contributed by atoms with van der Waals surface area (Å²) >= 11 is 0. The van der Waals surface area contributed by atoms with Crippen molar-refractivity contribution in [3.63, 3.8) is 0 Å². The molecular weight excluding hydrogens is 377 g/mol. The van der Waals surface area contributed by atoms with E-state index in [9.17, 15) is 18.0 Å². The highest BCUT2D eigenvalue weighted by Crippen LogP contribution is 2.23. The number of rotatable bonds is 5. The Kier molecular flexibility index (Phi) is 6.12. The summed E-state index contributed by atoms with van der Waals surface area (Å²) in [7, 11) is 0. The standard InChI is InChI=1S/C18H19F3N4O3/c1-5-6-14(23-16(26)28-17(2,3)4)15-22-11-25(24-15)12-7-9-13(10-8-12)27-18(19,20)21/h5-11H,1H2,2-4H3,(H,23,26)/b14-6-. The Morgan fingerprint density at radius 3 is 2.39 bits per heavy atom. The molecule has 0 radical (unpaired) electrons. The van der Waals surface area contributed by atoms with Gasteiger partial charge in [0.1, 0.15) is 17.7 Å². The maximum Gasteiger partial charge on any atom is 0.573 e. The van der Waals surface area contributed by atoms with E-state index < -0.39 is 18.1 Å². The number of hydrogen-bond acceptors (Lipinski definition) is 5. The minimum absolute atomic E-state index is 0.168. The number of alkyl carbamates (subject to hydrolysis) is 1. The van der Waals surface area contributed by atoms with Gasteiger partial charge in [-0.3, -0.25) is 5.32 Å². The van der Waals surface area contributed by atoms with Crippen LogP contribution in [0.5, 0.6) is 5.75 Å². The summed E-state index contributed by atoms with van der Waals surface area (Å²) in [5.74, 6) is -0.184. The van der Waals surface area contributed by atoms with Crippen LogP contribution in [0.2, 0.25) is 0 Å². The SMILES string of the molecule is C=C/C=C(\NC(=O)OC(C)(C)C)c1ncn(-c2ccc(OC(F)(F)F)cc2)n1. The highest BCUT2D eigenvalue weighted by Gasteiger charge is 2.31. The highest BCUT2D eigenvalue weighted by atomic mass is 19.4. The Bertz CT molecular complexity index is 865. The van der Waals surface area contributed by atoms with Crippen molar-refractivity contribution in [1.82, 2.24) is 20.1 Å². The van der Waals surface area contributed by atoms with Gasteiger partial charge in [0, 0.05) is 0 Å². The van der Waals surface area contributed by atoms with Crippen molar-refractivity contribution < 1.29 is 27.4 Å². The van der Waals surface area contributed by atoms with E-state index in [0.29, 0.717) is 5.69 Å². The van der Waals surface area contributed by atoms with E-state index in [0.717, 1.165) is 12.1 Å². The molecule has 10 heteroatoms. The molecule has 0 aliphatic rings. The molecule has 1 heterocycles. The zero-order valence-corrected chi connectivity index (χ0v) is 15.4. The van der Waals surface area contributed by atoms with Gasteiger partial charge in [-0.05, 0) is 51.1 Å². The molecule has 0 bridgehead atoms. The zero-order valence-electron chi connectivity index (χ0n) is 15.4. The van der Waals surface area contributed by atoms with Crippen molar-refractivity contribution in [3.05, 3.63) is 55.1 Å². The summed E-state index contributed by atoms with van der Waals surface area (Å²) in [5, 5.41) is 6.75. The predicted molar refractivity (Wildman–Crippen MR) is 95.6 cm³/mol. The van der Waals surface area contributed by atoms with Gasteiger partial charge < -0.3 is 9.47 Å². The number of hydrogen-bond donors (Lipinski definition) is 1. The van der Waals surface area contributed by atoms with Crippen LogP contribution < -0.4 is 10.1 Å². The lowest BCUT2D eigenvalue weighted by atomic mass is 10.2. The molecule has 0 aliphatic heterocycles. The van der Waals surface area contributed by atoms with E-state index in [1.165, 1.54) is 35.3 Å². The molecular formula is C18H19F3N4O3. The van der Waals surface area contributed by atoms with Crippen LogP contribution in [0.1, 0.15) is 26.6 Å². The third kappa shape index (κ3) is 6.45. The third-order valence-electron chi connectivity index (χ3n) is 2.99. The molecule has 0 fully saturated rings. The smallest absolute Gasteiger partial charge is 0.444 e. The molecule has 0 atom stereocenters. The zero-order chi connectivity index (χ0) is 20.9. The number of alkyl halides is 3. The first-order chi connectivity index (χ1) is 13.0. The summed E-state index contributed by atoms with van der Waals surface area (Å²) in [5.41, 5.74) is 0.0136. The summed E-state index contributed by atoms with van der Waals surface area (Å²) in [6.45, 7) is 8.75. The lowest BCUT2D eigenvalue weighted by molar-refractivity contribution is -0.274. The van der Waals surface area contributed by atoms with Gasteiger partial charge in [0.05, 0.1) is 11.4 Å². The van der Waals surface area contributed by atoms with Crippen molar-refractivity contribution in [2.24, 2.45) is 0 Å². The normalized spacial score (nSPS) is 12.4. The van der Waals surface area contributed by atoms with Crippen molar-refractivity contribution in [3.8, 4) is 11.4 Å². The minimum atomic E-state index is -4.76. The number of allylic oxidation sites excluding steroid dienone is 2. The second kappa shape index (κ2) is 8.15. The number of carbonyl (C=O) groups is 1. The van der Waals surface area contributed by atoms with Crippen LogP contribution in [0.4, 0.5) is 18.0 Å². The minimum Gasteiger partial charge on any atom is -0.444 e. The fourth-order valence-corrected chi connectivity index (χ4v) is 2.01. The number of halogens is 3. The summed E-state index contributed by atoms with van der Waals surface area (Å²) in [4.78, 5) is 16.1. The maximum atomic E-state index is 12.2. The van der Waals surface area contributed by atoms with Crippen LogP contribution in [0.25, 0.3) is 11.4 Å². The number of nitrogens with zero attached hydrogens (tertiary/aromatic N) is 3. The van der Waals surface area contributed by atoms with Gasteiger partial charge in [-0.2, -0.15) is 0 Å². The molecule has 150 valence electrons. The van der Waals surface area contributed by atoms with Crippen molar-refractivity contribution >= 4 is 11.8 Å². The molecule has 1 N–H and O–H groups in total. The molecule has 0 aliphatic carbocycles. The second-order valence-electron chi connectivity index (χ2n) is 6.50. The lowest BCUT2D eigenvalue weighted by Crippen LogP contribution is -2.31. The van der Waals surface area contributed by atoms with Crippen LogP contribution in [-0.4, -0.2) is 32.8 Å². The molecule has 0 spiro atoms. The van der Waals surface area contributed by atoms with E-state index in [1.807, 2.05) is 0 Å². The Balaban J connectivity index is 2.17. The van der Waals surface area contributed by atoms with E-state index in [2.05, 4.69) is 26.7 Å². The van der Waals surface area contributed by atoms with Gasteiger partial charge in [-0.25, -0.2) is 14.5 Å². The van der Waals surface area contributed by atoms with Crippen LogP contribution >= 0.6 is 0 Å². The molecule has 0 saturated carbocycles. The largest absolute Gasteiger partial charge is 0.573 e. The van der Waals surface area contributed by atoms with Crippen LogP contribution in [-0.2, 0) is 4.74 Å². The quantitative estimate of drug-likeness (QED) is 0.766. The topological polar surface area (TPSA) is 78.3 Å². The highest BCUT2D eigenvalue weighted by molar-refractivity contribution is 5.80. The number of nitrogens with one attached hydrogen (secondary N) is 1. The Labute approximate surface area is 159 Å². The van der Waals surface area contributed by atoms with Gasteiger partial charge in [-0.1, -0.05) is 12.7 Å². The van der Waals surface area contributed by atoms with Crippen molar-refractivity contribution in [2.45, 2.75) is 32.7 Å². The number of benzene rings is 1. The molecule has 7 nitrogen and oxygen atoms in total. The van der Waals surface area contributed by atoms with Crippen LogP contribution in [0.3, 0.4) is 0 Å². The van der Waals surface area contributed by atoms with Gasteiger partial charge in [-0.15, -0.1) is 18.3 Å². The number of carbonyl (C=O) groups excluding carboxylic acids is 1. The first kappa shape index (κ1) is 21.0. The average Bonchev–Trinajstić information content (AvgIpc) is 3.02. The molecule has 1 aromatic carbocycles. The molecule has 28 heavy (non-hydrogen) atoms. The van der Waals surface area contributed by atoms with Gasteiger partial charge in [0.2, 0.25) is 0 Å². The predicted octanol–water partition coefficient (Wildman–Crippen LogP) is 4.22. The van der Waals surface area contributed by atoms with Crippen LogP contribution in [0, 0.1) is 0 Å². The summed E-state index contributed by atoms with van der Waals surface area (Å²) in [6, 6.07) is 5.09. The molecule has 0 saturated heterocycles. The van der Waals surface area contributed by atoms with Gasteiger partial charge >= 0.3 is 12.5 Å². The number of aromatic nitrogens is 3. The number of ether oxygens (including phenoxy) is 2. The van der Waals surface area contributed by atoms with E-state index >= 15 is 0 Å². The van der Waals surface area contributed by atoms with Crippen LogP contribution in [0.15, 0.2) is 49.3 Å². The summed E-state index contributed by atoms with van der Waals surface area (Å²) < 4.78 is 47.0.